The van der Waals surface area contributed by atoms with E-state index in [1.54, 1.807) is 29.2 Å². The smallest absolute Gasteiger partial charge is 0.255 e. The SMILES string of the molecule is COc1ccc(C(=O)Nc2cccc(C(=O)N3CCCC3)c2)cc1S(=O)(=O)N1CCOCC1. The molecule has 2 aliphatic rings. The number of amides is 2. The molecule has 2 aliphatic heterocycles. The fraction of sp³-hybridized carbons (Fsp3) is 0.391. The molecule has 1 N–H and O–H groups in total. The van der Waals surface area contributed by atoms with E-state index in [2.05, 4.69) is 5.32 Å². The number of rotatable bonds is 6. The number of hydrogen-bond donors (Lipinski definition) is 1. The maximum Gasteiger partial charge on any atom is 0.255 e. The number of hydrogen-bond acceptors (Lipinski definition) is 6. The molecule has 176 valence electrons. The molecule has 2 aromatic rings. The average Bonchev–Trinajstić information content (AvgIpc) is 3.39. The summed E-state index contributed by atoms with van der Waals surface area (Å²) < 4.78 is 38.1. The normalized spacial score (nSPS) is 17.1. The van der Waals surface area contributed by atoms with Gasteiger partial charge in [0.1, 0.15) is 10.6 Å². The molecule has 0 aromatic heterocycles. The van der Waals surface area contributed by atoms with E-state index >= 15 is 0 Å². The Hall–Kier alpha value is -2.95. The van der Waals surface area contributed by atoms with E-state index in [9.17, 15) is 18.0 Å². The van der Waals surface area contributed by atoms with E-state index in [1.165, 1.54) is 29.6 Å². The third kappa shape index (κ3) is 5.02. The van der Waals surface area contributed by atoms with Gasteiger partial charge >= 0.3 is 0 Å². The van der Waals surface area contributed by atoms with Gasteiger partial charge in [0.2, 0.25) is 10.0 Å². The van der Waals surface area contributed by atoms with E-state index in [4.69, 9.17) is 9.47 Å². The third-order valence-electron chi connectivity index (χ3n) is 5.77. The molecule has 33 heavy (non-hydrogen) atoms. The highest BCUT2D eigenvalue weighted by Gasteiger charge is 2.30. The first-order valence-corrected chi connectivity index (χ1v) is 12.3. The summed E-state index contributed by atoms with van der Waals surface area (Å²) in [5, 5.41) is 2.76. The molecule has 2 heterocycles. The van der Waals surface area contributed by atoms with E-state index in [-0.39, 0.29) is 35.2 Å². The van der Waals surface area contributed by atoms with Gasteiger partial charge in [-0.05, 0) is 49.2 Å². The molecule has 2 fully saturated rings. The van der Waals surface area contributed by atoms with Crippen molar-refractivity contribution in [2.75, 3.05) is 51.8 Å². The van der Waals surface area contributed by atoms with Gasteiger partial charge in [0.25, 0.3) is 11.8 Å². The van der Waals surface area contributed by atoms with Gasteiger partial charge in [-0.2, -0.15) is 4.31 Å². The average molecular weight is 474 g/mol. The second-order valence-electron chi connectivity index (χ2n) is 7.92. The first-order chi connectivity index (χ1) is 15.9. The molecule has 0 aliphatic carbocycles. The number of nitrogens with zero attached hydrogens (tertiary/aromatic N) is 2. The molecule has 2 amide bonds. The van der Waals surface area contributed by atoms with Crippen LogP contribution in [0, 0.1) is 0 Å². The van der Waals surface area contributed by atoms with Gasteiger partial charge in [0.05, 0.1) is 20.3 Å². The second-order valence-corrected chi connectivity index (χ2v) is 9.82. The van der Waals surface area contributed by atoms with Crippen molar-refractivity contribution in [3.63, 3.8) is 0 Å². The van der Waals surface area contributed by atoms with Crippen LogP contribution in [0.3, 0.4) is 0 Å². The Labute approximate surface area is 193 Å². The number of sulfonamides is 1. The molecule has 4 rings (SSSR count). The van der Waals surface area contributed by atoms with Crippen molar-refractivity contribution >= 4 is 27.5 Å². The first kappa shape index (κ1) is 23.2. The van der Waals surface area contributed by atoms with Crippen molar-refractivity contribution in [2.45, 2.75) is 17.7 Å². The van der Waals surface area contributed by atoms with Crippen LogP contribution in [0.5, 0.6) is 5.75 Å². The lowest BCUT2D eigenvalue weighted by Gasteiger charge is -2.26. The molecule has 9 nitrogen and oxygen atoms in total. The fourth-order valence-electron chi connectivity index (χ4n) is 3.98. The van der Waals surface area contributed by atoms with Crippen LogP contribution >= 0.6 is 0 Å². The van der Waals surface area contributed by atoms with Gasteiger partial charge in [-0.25, -0.2) is 8.42 Å². The standard InChI is InChI=1S/C23H27N3O6S/c1-31-20-8-7-17(16-21(20)33(29,30)26-11-13-32-14-12-26)22(27)24-19-6-4-5-18(15-19)23(28)25-9-2-3-10-25/h4-8,15-16H,2-3,9-14H2,1H3,(H,24,27). The monoisotopic (exact) mass is 473 g/mol. The van der Waals surface area contributed by atoms with Gasteiger partial charge in [-0.1, -0.05) is 6.07 Å². The van der Waals surface area contributed by atoms with Crippen LogP contribution in [0.25, 0.3) is 0 Å². The largest absolute Gasteiger partial charge is 0.495 e. The van der Waals surface area contributed by atoms with Crippen LogP contribution in [0.2, 0.25) is 0 Å². The number of carbonyl (C=O) groups is 2. The van der Waals surface area contributed by atoms with Crippen molar-refractivity contribution in [3.8, 4) is 5.75 Å². The number of ether oxygens (including phenoxy) is 2. The molecule has 10 heteroatoms. The zero-order valence-electron chi connectivity index (χ0n) is 18.5. The maximum absolute atomic E-state index is 13.2. The zero-order valence-corrected chi connectivity index (χ0v) is 19.3. The maximum atomic E-state index is 13.2. The lowest BCUT2D eigenvalue weighted by molar-refractivity contribution is 0.0729. The van der Waals surface area contributed by atoms with Crippen LogP contribution < -0.4 is 10.1 Å². The van der Waals surface area contributed by atoms with Crippen molar-refractivity contribution < 1.29 is 27.5 Å². The summed E-state index contributed by atoms with van der Waals surface area (Å²) in [7, 11) is -2.48. The predicted octanol–water partition coefficient (Wildman–Crippen LogP) is 2.20. The minimum absolute atomic E-state index is 0.0630. The van der Waals surface area contributed by atoms with E-state index in [0.29, 0.717) is 24.5 Å². The molecule has 0 radical (unpaired) electrons. The molecule has 0 bridgehead atoms. The number of likely N-dealkylation sites (tertiary alicyclic amines) is 1. The van der Waals surface area contributed by atoms with Gasteiger partial charge in [0, 0.05) is 43.0 Å². The number of nitrogens with one attached hydrogen (secondary N) is 1. The summed E-state index contributed by atoms with van der Waals surface area (Å²) in [6.07, 6.45) is 1.99. The summed E-state index contributed by atoms with van der Waals surface area (Å²) in [5.41, 5.74) is 1.12. The number of anilines is 1. The lowest BCUT2D eigenvalue weighted by atomic mass is 10.1. The Morgan fingerprint density at radius 2 is 1.70 bits per heavy atom. The Morgan fingerprint density at radius 3 is 2.39 bits per heavy atom. The second kappa shape index (κ2) is 9.90. The molecule has 0 saturated carbocycles. The Balaban J connectivity index is 1.56. The molecule has 0 atom stereocenters. The van der Waals surface area contributed by atoms with Crippen molar-refractivity contribution in [1.82, 2.24) is 9.21 Å². The summed E-state index contributed by atoms with van der Waals surface area (Å²) >= 11 is 0. The molecule has 0 unspecified atom stereocenters. The predicted molar refractivity (Wildman–Crippen MR) is 122 cm³/mol. The van der Waals surface area contributed by atoms with Gasteiger partial charge < -0.3 is 19.7 Å². The molecule has 2 saturated heterocycles. The van der Waals surface area contributed by atoms with Crippen molar-refractivity contribution in [1.29, 1.82) is 0 Å². The van der Waals surface area contributed by atoms with Gasteiger partial charge in [0.15, 0.2) is 0 Å². The number of methoxy groups -OCH3 is 1. The van der Waals surface area contributed by atoms with Crippen LogP contribution in [0.15, 0.2) is 47.4 Å². The highest BCUT2D eigenvalue weighted by Crippen LogP contribution is 2.29. The number of morpholine rings is 1. The summed E-state index contributed by atoms with van der Waals surface area (Å²) in [5.74, 6) is -0.384. The summed E-state index contributed by atoms with van der Waals surface area (Å²) in [6.45, 7) is 2.57. The van der Waals surface area contributed by atoms with Crippen LogP contribution in [-0.4, -0.2) is 75.9 Å². The highest BCUT2D eigenvalue weighted by atomic mass is 32.2. The highest BCUT2D eigenvalue weighted by molar-refractivity contribution is 7.89. The zero-order chi connectivity index (χ0) is 23.4. The van der Waals surface area contributed by atoms with E-state index in [0.717, 1.165) is 25.9 Å². The van der Waals surface area contributed by atoms with E-state index in [1.807, 2.05) is 0 Å². The summed E-state index contributed by atoms with van der Waals surface area (Å²) in [4.78, 5) is 27.3. The summed E-state index contributed by atoms with van der Waals surface area (Å²) in [6, 6.07) is 11.0. The number of carbonyl (C=O) groups excluding carboxylic acids is 2. The van der Waals surface area contributed by atoms with Crippen molar-refractivity contribution in [3.05, 3.63) is 53.6 Å². The Kier molecular flexibility index (Phi) is 6.96. The topological polar surface area (TPSA) is 105 Å². The minimum Gasteiger partial charge on any atom is -0.495 e. The Bertz CT molecular complexity index is 1140. The third-order valence-corrected chi connectivity index (χ3v) is 7.69. The quantitative estimate of drug-likeness (QED) is 0.690. The first-order valence-electron chi connectivity index (χ1n) is 10.9. The van der Waals surface area contributed by atoms with Crippen LogP contribution in [0.1, 0.15) is 33.6 Å². The minimum atomic E-state index is -3.86. The molecular formula is C23H27N3O6S. The Morgan fingerprint density at radius 1 is 0.970 bits per heavy atom. The fourth-order valence-corrected chi connectivity index (χ4v) is 5.57. The van der Waals surface area contributed by atoms with E-state index < -0.39 is 15.9 Å². The van der Waals surface area contributed by atoms with Crippen LogP contribution in [0.4, 0.5) is 5.69 Å². The lowest BCUT2D eigenvalue weighted by Crippen LogP contribution is -2.40. The molecular weight excluding hydrogens is 446 g/mol. The van der Waals surface area contributed by atoms with Gasteiger partial charge in [-0.3, -0.25) is 9.59 Å². The molecule has 0 spiro atoms. The van der Waals surface area contributed by atoms with Crippen LogP contribution in [-0.2, 0) is 14.8 Å². The number of benzene rings is 2. The van der Waals surface area contributed by atoms with Crippen molar-refractivity contribution in [2.24, 2.45) is 0 Å². The van der Waals surface area contributed by atoms with Gasteiger partial charge in [-0.15, -0.1) is 0 Å². The molecule has 2 aromatic carbocycles.